The third kappa shape index (κ3) is 10.1. The molecule has 16 heavy (non-hydrogen) atoms. The Morgan fingerprint density at radius 1 is 1.25 bits per heavy atom. The van der Waals surface area contributed by atoms with Crippen LogP contribution in [0.15, 0.2) is 4.99 Å². The molecular weight excluding hydrogens is 218 g/mol. The van der Waals surface area contributed by atoms with Gasteiger partial charge >= 0.3 is 0 Å². The van der Waals surface area contributed by atoms with E-state index >= 15 is 0 Å². The van der Waals surface area contributed by atoms with Crippen molar-refractivity contribution in [3.8, 4) is 0 Å². The second kappa shape index (κ2) is 8.74. The molecule has 3 nitrogen and oxygen atoms in total. The minimum Gasteiger partial charge on any atom is -0.357 e. The van der Waals surface area contributed by atoms with E-state index in [-0.39, 0.29) is 5.54 Å². The molecule has 0 aromatic carbocycles. The van der Waals surface area contributed by atoms with Crippen LogP contribution in [-0.4, -0.2) is 36.6 Å². The van der Waals surface area contributed by atoms with Crippen LogP contribution in [0.1, 0.15) is 40.5 Å². The molecule has 96 valence electrons. The minimum atomic E-state index is 0.0697. The lowest BCUT2D eigenvalue weighted by Gasteiger charge is -2.23. The van der Waals surface area contributed by atoms with Gasteiger partial charge in [-0.05, 0) is 52.5 Å². The molecule has 0 fully saturated rings. The molecule has 0 radical (unpaired) electrons. The van der Waals surface area contributed by atoms with Crippen molar-refractivity contribution in [2.75, 3.05) is 25.1 Å². The predicted molar refractivity (Wildman–Crippen MR) is 76.5 cm³/mol. The molecule has 0 amide bonds. The molecule has 0 atom stereocenters. The summed E-state index contributed by atoms with van der Waals surface area (Å²) >= 11 is 1.90. The van der Waals surface area contributed by atoms with E-state index in [1.54, 1.807) is 0 Å². The smallest absolute Gasteiger partial charge is 0.191 e. The van der Waals surface area contributed by atoms with E-state index in [0.717, 1.165) is 19.0 Å². The number of nitrogens with zero attached hydrogens (tertiary/aromatic N) is 1. The highest BCUT2D eigenvalue weighted by Crippen LogP contribution is 2.00. The molecule has 4 heteroatoms. The van der Waals surface area contributed by atoms with Crippen molar-refractivity contribution < 1.29 is 0 Å². The quantitative estimate of drug-likeness (QED) is 0.429. The summed E-state index contributed by atoms with van der Waals surface area (Å²) in [6.07, 6.45) is 4.57. The lowest BCUT2D eigenvalue weighted by Crippen LogP contribution is -2.47. The van der Waals surface area contributed by atoms with Gasteiger partial charge in [-0.3, -0.25) is 4.99 Å². The molecule has 0 aliphatic rings. The Kier molecular flexibility index (Phi) is 8.53. The zero-order valence-electron chi connectivity index (χ0n) is 11.4. The molecule has 0 aromatic heterocycles. The first-order valence-electron chi connectivity index (χ1n) is 6.05. The second-order valence-corrected chi connectivity index (χ2v) is 5.82. The summed E-state index contributed by atoms with van der Waals surface area (Å²) in [5.74, 6) is 2.16. The van der Waals surface area contributed by atoms with Crippen molar-refractivity contribution >= 4 is 17.7 Å². The Labute approximate surface area is 105 Å². The summed E-state index contributed by atoms with van der Waals surface area (Å²) in [5.41, 5.74) is 0.0697. The first kappa shape index (κ1) is 15.6. The Bertz CT molecular complexity index is 197. The number of rotatable bonds is 6. The van der Waals surface area contributed by atoms with E-state index in [4.69, 9.17) is 0 Å². The van der Waals surface area contributed by atoms with Gasteiger partial charge in [-0.2, -0.15) is 11.8 Å². The number of guanidine groups is 1. The normalized spacial score (nSPS) is 12.7. The van der Waals surface area contributed by atoms with E-state index in [0.29, 0.717) is 0 Å². The summed E-state index contributed by atoms with van der Waals surface area (Å²) in [6.45, 7) is 10.3. The van der Waals surface area contributed by atoms with Crippen molar-refractivity contribution in [1.29, 1.82) is 0 Å². The van der Waals surface area contributed by atoms with E-state index < -0.39 is 0 Å². The van der Waals surface area contributed by atoms with Gasteiger partial charge in [-0.15, -0.1) is 0 Å². The van der Waals surface area contributed by atoms with Gasteiger partial charge in [0.15, 0.2) is 5.96 Å². The maximum absolute atomic E-state index is 4.56. The van der Waals surface area contributed by atoms with Crippen molar-refractivity contribution in [1.82, 2.24) is 10.6 Å². The predicted octanol–water partition coefficient (Wildman–Crippen LogP) is 2.48. The third-order valence-electron chi connectivity index (χ3n) is 1.86. The standard InChI is InChI=1S/C12H27N3S/c1-6-13-11(15-12(2,3)4)14-9-7-8-10-16-5/h6-10H2,1-5H3,(H2,13,14,15). The molecule has 0 rings (SSSR count). The van der Waals surface area contributed by atoms with Gasteiger partial charge in [0.2, 0.25) is 0 Å². The number of thioether (sulfide) groups is 1. The molecule has 0 aliphatic carbocycles. The largest absolute Gasteiger partial charge is 0.357 e. The van der Waals surface area contributed by atoms with Gasteiger partial charge in [0.25, 0.3) is 0 Å². The summed E-state index contributed by atoms with van der Waals surface area (Å²) in [5, 5.41) is 6.65. The fraction of sp³-hybridized carbons (Fsp3) is 0.917. The number of hydrogen-bond acceptors (Lipinski definition) is 2. The lowest BCUT2D eigenvalue weighted by atomic mass is 10.1. The van der Waals surface area contributed by atoms with Crippen LogP contribution in [0, 0.1) is 0 Å². The summed E-state index contributed by atoms with van der Waals surface area (Å²) in [4.78, 5) is 4.56. The van der Waals surface area contributed by atoms with Gasteiger partial charge in [0, 0.05) is 18.6 Å². The summed E-state index contributed by atoms with van der Waals surface area (Å²) < 4.78 is 0. The van der Waals surface area contributed by atoms with Crippen LogP contribution < -0.4 is 10.6 Å². The number of unbranched alkanes of at least 4 members (excludes halogenated alkanes) is 1. The fourth-order valence-corrected chi connectivity index (χ4v) is 1.70. The Hall–Kier alpha value is -0.380. The van der Waals surface area contributed by atoms with E-state index in [2.05, 4.69) is 49.6 Å². The van der Waals surface area contributed by atoms with Crippen LogP contribution in [0.4, 0.5) is 0 Å². The molecule has 0 heterocycles. The average Bonchev–Trinajstić information content (AvgIpc) is 2.15. The van der Waals surface area contributed by atoms with Gasteiger partial charge < -0.3 is 10.6 Å². The Balaban J connectivity index is 3.94. The highest BCUT2D eigenvalue weighted by molar-refractivity contribution is 7.98. The number of hydrogen-bond donors (Lipinski definition) is 2. The number of nitrogens with one attached hydrogen (secondary N) is 2. The molecule has 0 saturated heterocycles. The SMILES string of the molecule is CCNC(=NCCCCSC)NC(C)(C)C. The average molecular weight is 245 g/mol. The number of aliphatic imine (C=N–C) groups is 1. The first-order valence-corrected chi connectivity index (χ1v) is 7.44. The highest BCUT2D eigenvalue weighted by atomic mass is 32.2. The highest BCUT2D eigenvalue weighted by Gasteiger charge is 2.10. The zero-order valence-corrected chi connectivity index (χ0v) is 12.2. The van der Waals surface area contributed by atoms with Gasteiger partial charge in [-0.25, -0.2) is 0 Å². The molecule has 2 N–H and O–H groups in total. The molecule has 0 unspecified atom stereocenters. The maximum Gasteiger partial charge on any atom is 0.191 e. The van der Waals surface area contributed by atoms with E-state index in [9.17, 15) is 0 Å². The summed E-state index contributed by atoms with van der Waals surface area (Å²) in [7, 11) is 0. The van der Waals surface area contributed by atoms with E-state index in [1.165, 1.54) is 18.6 Å². The van der Waals surface area contributed by atoms with Gasteiger partial charge in [-0.1, -0.05) is 0 Å². The van der Waals surface area contributed by atoms with Crippen molar-refractivity contribution in [2.24, 2.45) is 4.99 Å². The van der Waals surface area contributed by atoms with Crippen molar-refractivity contribution in [2.45, 2.75) is 46.1 Å². The summed E-state index contributed by atoms with van der Waals surface area (Å²) in [6, 6.07) is 0. The van der Waals surface area contributed by atoms with Crippen LogP contribution in [0.25, 0.3) is 0 Å². The second-order valence-electron chi connectivity index (χ2n) is 4.84. The molecule has 0 aliphatic heterocycles. The van der Waals surface area contributed by atoms with Crippen LogP contribution in [0.5, 0.6) is 0 Å². The monoisotopic (exact) mass is 245 g/mol. The molecular formula is C12H27N3S. The topological polar surface area (TPSA) is 36.4 Å². The van der Waals surface area contributed by atoms with Crippen LogP contribution in [0.3, 0.4) is 0 Å². The zero-order chi connectivity index (χ0) is 12.4. The van der Waals surface area contributed by atoms with Gasteiger partial charge in [0.1, 0.15) is 0 Å². The Morgan fingerprint density at radius 3 is 2.44 bits per heavy atom. The molecule has 0 saturated carbocycles. The van der Waals surface area contributed by atoms with Crippen LogP contribution >= 0.6 is 11.8 Å². The molecule has 0 aromatic rings. The first-order chi connectivity index (χ1) is 7.49. The third-order valence-corrected chi connectivity index (χ3v) is 2.56. The van der Waals surface area contributed by atoms with Gasteiger partial charge in [0.05, 0.1) is 0 Å². The van der Waals surface area contributed by atoms with E-state index in [1.807, 2.05) is 11.8 Å². The minimum absolute atomic E-state index is 0.0697. The Morgan fingerprint density at radius 2 is 1.94 bits per heavy atom. The van der Waals surface area contributed by atoms with Crippen molar-refractivity contribution in [3.05, 3.63) is 0 Å². The fourth-order valence-electron chi connectivity index (χ4n) is 1.21. The maximum atomic E-state index is 4.56. The van der Waals surface area contributed by atoms with Crippen LogP contribution in [0.2, 0.25) is 0 Å². The van der Waals surface area contributed by atoms with Crippen molar-refractivity contribution in [3.63, 3.8) is 0 Å². The van der Waals surface area contributed by atoms with Crippen LogP contribution in [-0.2, 0) is 0 Å². The molecule has 0 bridgehead atoms. The lowest BCUT2D eigenvalue weighted by molar-refractivity contribution is 0.501. The molecule has 0 spiro atoms.